The van der Waals surface area contributed by atoms with E-state index in [-0.39, 0.29) is 29.1 Å². The quantitative estimate of drug-likeness (QED) is 0.694. The highest BCUT2D eigenvalue weighted by atomic mass is 16.5. The van der Waals surface area contributed by atoms with Crippen LogP contribution in [0.4, 0.5) is 0 Å². The summed E-state index contributed by atoms with van der Waals surface area (Å²) in [7, 11) is 0. The van der Waals surface area contributed by atoms with E-state index in [1.165, 1.54) is 0 Å². The third kappa shape index (κ3) is 5.11. The molecule has 3 rings (SSSR count). The summed E-state index contributed by atoms with van der Waals surface area (Å²) in [4.78, 5) is 26.3. The number of hydrogen-bond donors (Lipinski definition) is 2. The lowest BCUT2D eigenvalue weighted by Crippen LogP contribution is -2.39. The number of hydrogen-bond acceptors (Lipinski definition) is 4. The Hall–Kier alpha value is -2.60. The van der Waals surface area contributed by atoms with Gasteiger partial charge >= 0.3 is 0 Å². The molecule has 1 atom stereocenters. The molecule has 2 aromatic rings. The molecule has 1 aromatic carbocycles. The van der Waals surface area contributed by atoms with Crippen molar-refractivity contribution in [3.8, 4) is 5.75 Å². The predicted molar refractivity (Wildman–Crippen MR) is 119 cm³/mol. The fourth-order valence-electron chi connectivity index (χ4n) is 3.96. The van der Waals surface area contributed by atoms with Gasteiger partial charge in [0, 0.05) is 12.2 Å². The van der Waals surface area contributed by atoms with Gasteiger partial charge in [0.05, 0.1) is 12.6 Å². The van der Waals surface area contributed by atoms with E-state index in [9.17, 15) is 9.59 Å². The summed E-state index contributed by atoms with van der Waals surface area (Å²) in [6, 6.07) is 9.66. The number of nitrogens with zero attached hydrogens (tertiary/aromatic N) is 1. The third-order valence-corrected chi connectivity index (χ3v) is 5.73. The fourth-order valence-corrected chi connectivity index (χ4v) is 3.96. The van der Waals surface area contributed by atoms with E-state index in [0.29, 0.717) is 12.2 Å². The van der Waals surface area contributed by atoms with E-state index in [4.69, 9.17) is 4.74 Å². The number of nitrogens with one attached hydrogen (secondary N) is 2. The number of amides is 1. The first-order valence-electron chi connectivity index (χ1n) is 11.0. The average molecular weight is 412 g/mol. The van der Waals surface area contributed by atoms with Crippen LogP contribution in [-0.2, 0) is 0 Å². The van der Waals surface area contributed by atoms with E-state index in [1.54, 1.807) is 4.57 Å². The largest absolute Gasteiger partial charge is 0.494 e. The van der Waals surface area contributed by atoms with E-state index in [1.807, 2.05) is 50.4 Å². The molecule has 0 bridgehead atoms. The van der Waals surface area contributed by atoms with E-state index in [2.05, 4.69) is 17.6 Å². The highest BCUT2D eigenvalue weighted by molar-refractivity contribution is 5.95. The van der Waals surface area contributed by atoms with Crippen LogP contribution in [0.25, 0.3) is 0 Å². The Morgan fingerprint density at radius 3 is 2.53 bits per heavy atom. The third-order valence-electron chi connectivity index (χ3n) is 5.73. The smallest absolute Gasteiger partial charge is 0.263 e. The molecule has 2 N–H and O–H groups in total. The van der Waals surface area contributed by atoms with Crippen LogP contribution in [0, 0.1) is 6.92 Å². The zero-order valence-corrected chi connectivity index (χ0v) is 18.2. The van der Waals surface area contributed by atoms with Crippen molar-refractivity contribution in [2.45, 2.75) is 58.5 Å². The number of carbonyl (C=O) groups excluding carboxylic acids is 1. The Labute approximate surface area is 178 Å². The molecule has 1 aliphatic heterocycles. The number of aryl methyl sites for hydroxylation is 1. The molecule has 6 nitrogen and oxygen atoms in total. The molecule has 0 radical (unpaired) electrons. The molecule has 0 saturated carbocycles. The maximum atomic E-state index is 13.1. The average Bonchev–Trinajstić information content (AvgIpc) is 2.77. The Bertz CT molecular complexity index is 899. The first-order valence-corrected chi connectivity index (χ1v) is 11.0. The second-order valence-corrected chi connectivity index (χ2v) is 7.92. The molecule has 2 heterocycles. The first kappa shape index (κ1) is 22.1. The Kier molecular flexibility index (Phi) is 7.69. The molecule has 1 unspecified atom stereocenters. The second kappa shape index (κ2) is 10.4. The minimum atomic E-state index is -0.307. The normalized spacial score (nSPS) is 15.6. The molecule has 0 spiro atoms. The van der Waals surface area contributed by atoms with Crippen molar-refractivity contribution in [1.82, 2.24) is 15.2 Å². The zero-order valence-electron chi connectivity index (χ0n) is 18.2. The molecule has 0 aliphatic carbocycles. The van der Waals surface area contributed by atoms with Crippen LogP contribution in [-0.4, -0.2) is 30.2 Å². The van der Waals surface area contributed by atoms with Crippen molar-refractivity contribution in [1.29, 1.82) is 0 Å². The van der Waals surface area contributed by atoms with Crippen LogP contribution < -0.4 is 20.9 Å². The van der Waals surface area contributed by atoms with Crippen molar-refractivity contribution in [3.05, 3.63) is 63.6 Å². The monoisotopic (exact) mass is 411 g/mol. The van der Waals surface area contributed by atoms with Crippen LogP contribution in [0.2, 0.25) is 0 Å². The second-order valence-electron chi connectivity index (χ2n) is 7.92. The van der Waals surface area contributed by atoms with Crippen LogP contribution in [0.1, 0.15) is 73.1 Å². The number of pyridine rings is 1. The highest BCUT2D eigenvalue weighted by Gasteiger charge is 2.23. The summed E-state index contributed by atoms with van der Waals surface area (Å²) in [5.41, 5.74) is 1.76. The Balaban J connectivity index is 1.79. The molecule has 30 heavy (non-hydrogen) atoms. The van der Waals surface area contributed by atoms with E-state index in [0.717, 1.165) is 50.1 Å². The molecule has 6 heteroatoms. The van der Waals surface area contributed by atoms with Crippen molar-refractivity contribution in [3.63, 3.8) is 0 Å². The van der Waals surface area contributed by atoms with Crippen molar-refractivity contribution in [2.75, 3.05) is 19.7 Å². The standard InChI is InChI=1S/C24H33N3O3/c1-4-16-30-20-8-6-18(7-9-20)21(5-2)26-23(28)22-17(3)12-15-27(24(22)29)19-10-13-25-14-11-19/h6-9,12,15,19,21,25H,4-5,10-11,13-14,16H2,1-3H3,(H,26,28). The summed E-state index contributed by atoms with van der Waals surface area (Å²) in [6.07, 6.45) is 5.31. The molecule has 162 valence electrons. The minimum absolute atomic E-state index is 0.142. The van der Waals surface area contributed by atoms with Gasteiger partial charge in [-0.05, 0) is 75.0 Å². The summed E-state index contributed by atoms with van der Waals surface area (Å²) in [5.74, 6) is 0.518. The van der Waals surface area contributed by atoms with Gasteiger partial charge in [-0.15, -0.1) is 0 Å². The van der Waals surface area contributed by atoms with Gasteiger partial charge in [-0.1, -0.05) is 26.0 Å². The van der Waals surface area contributed by atoms with Crippen LogP contribution >= 0.6 is 0 Å². The lowest BCUT2D eigenvalue weighted by molar-refractivity contribution is 0.0932. The SMILES string of the molecule is CCCOc1ccc(C(CC)NC(=O)c2c(C)ccn(C3CCNCC3)c2=O)cc1. The van der Waals surface area contributed by atoms with Gasteiger partial charge in [-0.25, -0.2) is 0 Å². The minimum Gasteiger partial charge on any atom is -0.494 e. The van der Waals surface area contributed by atoms with Crippen LogP contribution in [0.3, 0.4) is 0 Å². The van der Waals surface area contributed by atoms with E-state index < -0.39 is 0 Å². The molecule has 1 fully saturated rings. The Morgan fingerprint density at radius 2 is 1.90 bits per heavy atom. The van der Waals surface area contributed by atoms with Gasteiger partial charge in [0.25, 0.3) is 11.5 Å². The van der Waals surface area contributed by atoms with Gasteiger partial charge in [0.1, 0.15) is 11.3 Å². The van der Waals surface area contributed by atoms with E-state index >= 15 is 0 Å². The fraction of sp³-hybridized carbons (Fsp3) is 0.500. The van der Waals surface area contributed by atoms with Gasteiger partial charge in [0.2, 0.25) is 0 Å². The van der Waals surface area contributed by atoms with Crippen molar-refractivity contribution < 1.29 is 9.53 Å². The highest BCUT2D eigenvalue weighted by Crippen LogP contribution is 2.22. The summed E-state index contributed by atoms with van der Waals surface area (Å²) < 4.78 is 7.38. The number of aromatic nitrogens is 1. The molecule has 1 aromatic heterocycles. The number of carbonyl (C=O) groups is 1. The molecular weight excluding hydrogens is 378 g/mol. The predicted octanol–water partition coefficient (Wildman–Crippen LogP) is 3.75. The molecule has 1 amide bonds. The van der Waals surface area contributed by atoms with Crippen molar-refractivity contribution >= 4 is 5.91 Å². The van der Waals surface area contributed by atoms with Gasteiger partial charge in [-0.2, -0.15) is 0 Å². The number of rotatable bonds is 8. The summed E-state index contributed by atoms with van der Waals surface area (Å²) >= 11 is 0. The maximum absolute atomic E-state index is 13.1. The van der Waals surface area contributed by atoms with Crippen LogP contribution in [0.5, 0.6) is 5.75 Å². The van der Waals surface area contributed by atoms with Gasteiger partial charge in [0.15, 0.2) is 0 Å². The molecular formula is C24H33N3O3. The topological polar surface area (TPSA) is 72.4 Å². The molecule has 1 saturated heterocycles. The maximum Gasteiger partial charge on any atom is 0.263 e. The lowest BCUT2D eigenvalue weighted by Gasteiger charge is -2.25. The number of benzene rings is 1. The number of ether oxygens (including phenoxy) is 1. The Morgan fingerprint density at radius 1 is 1.20 bits per heavy atom. The van der Waals surface area contributed by atoms with Crippen LogP contribution in [0.15, 0.2) is 41.3 Å². The lowest BCUT2D eigenvalue weighted by atomic mass is 10.0. The summed E-state index contributed by atoms with van der Waals surface area (Å²) in [6.45, 7) is 8.39. The van der Waals surface area contributed by atoms with Gasteiger partial charge in [-0.3, -0.25) is 9.59 Å². The summed E-state index contributed by atoms with van der Waals surface area (Å²) in [5, 5.41) is 6.38. The number of piperidine rings is 1. The van der Waals surface area contributed by atoms with Crippen molar-refractivity contribution in [2.24, 2.45) is 0 Å². The van der Waals surface area contributed by atoms with Gasteiger partial charge < -0.3 is 19.9 Å². The first-order chi connectivity index (χ1) is 14.5. The zero-order chi connectivity index (χ0) is 21.5. The molecule has 1 aliphatic rings.